The quantitative estimate of drug-likeness (QED) is 0.375. The van der Waals surface area contributed by atoms with Crippen molar-refractivity contribution >= 4 is 22.8 Å². The molecule has 184 valence electrons. The number of fused-ring (bicyclic) bond motifs is 1. The molecule has 1 atom stereocenters. The molecule has 35 heavy (non-hydrogen) atoms. The summed E-state index contributed by atoms with van der Waals surface area (Å²) in [6.07, 6.45) is -5.07. The van der Waals surface area contributed by atoms with E-state index in [-0.39, 0.29) is 12.5 Å². The van der Waals surface area contributed by atoms with Crippen LogP contribution in [0, 0.1) is 0 Å². The molecule has 1 unspecified atom stereocenters. The van der Waals surface area contributed by atoms with Crippen LogP contribution in [0.1, 0.15) is 5.56 Å². The molecule has 0 saturated carbocycles. The van der Waals surface area contributed by atoms with Crippen molar-refractivity contribution < 1.29 is 36.4 Å². The number of rotatable bonds is 9. The Kier molecular flexibility index (Phi) is 7.60. The number of methoxy groups -OCH3 is 1. The van der Waals surface area contributed by atoms with Crippen LogP contribution < -0.4 is 19.1 Å². The van der Waals surface area contributed by atoms with Gasteiger partial charge in [-0.1, -0.05) is 30.3 Å². The fourth-order valence-corrected chi connectivity index (χ4v) is 5.02. The predicted octanol–water partition coefficient (Wildman–Crippen LogP) is 5.13. The van der Waals surface area contributed by atoms with Gasteiger partial charge in [-0.05, 0) is 42.0 Å². The van der Waals surface area contributed by atoms with Gasteiger partial charge in [0.25, 0.3) is 0 Å². The number of hydrogen-bond donors (Lipinski definition) is 0. The lowest BCUT2D eigenvalue weighted by atomic mass is 10.1. The van der Waals surface area contributed by atoms with Crippen molar-refractivity contribution in [2.24, 2.45) is 0 Å². The number of carbonyl (C=O) groups is 1. The zero-order valence-corrected chi connectivity index (χ0v) is 19.6. The third-order valence-corrected chi connectivity index (χ3v) is 6.89. The summed E-state index contributed by atoms with van der Waals surface area (Å²) >= 11 is -1.41. The Hall–Kier alpha value is -3.53. The largest absolute Gasteiger partial charge is 0.497 e. The molecular formula is C25H23F3NO5S+. The molecule has 1 heterocycles. The zero-order valence-electron chi connectivity index (χ0n) is 18.8. The van der Waals surface area contributed by atoms with Crippen molar-refractivity contribution in [2.75, 3.05) is 31.1 Å². The average molecular weight is 507 g/mol. The lowest BCUT2D eigenvalue weighted by Gasteiger charge is -2.25. The van der Waals surface area contributed by atoms with Gasteiger partial charge in [0.15, 0.2) is 17.3 Å². The predicted molar refractivity (Wildman–Crippen MR) is 126 cm³/mol. The van der Waals surface area contributed by atoms with Crippen LogP contribution in [0.25, 0.3) is 0 Å². The van der Waals surface area contributed by atoms with Crippen LogP contribution in [0.4, 0.5) is 18.9 Å². The Labute approximate surface area is 203 Å². The first kappa shape index (κ1) is 24.6. The summed E-state index contributed by atoms with van der Waals surface area (Å²) in [5.74, 6) is -0.104. The Bertz CT molecular complexity index is 1160. The molecule has 0 bridgehead atoms. The summed E-state index contributed by atoms with van der Waals surface area (Å²) < 4.78 is 60.0. The van der Waals surface area contributed by atoms with Crippen molar-refractivity contribution in [1.82, 2.24) is 0 Å². The number of alkyl halides is 3. The topological polar surface area (TPSA) is 57.2 Å². The number of ether oxygens (including phenoxy) is 3. The monoisotopic (exact) mass is 506 g/mol. The molecule has 0 amide bonds. The Morgan fingerprint density at radius 1 is 1.00 bits per heavy atom. The smallest absolute Gasteiger partial charge is 0.496 e. The molecule has 0 aliphatic carbocycles. The molecule has 0 spiro atoms. The highest BCUT2D eigenvalue weighted by Crippen LogP contribution is 2.33. The summed E-state index contributed by atoms with van der Waals surface area (Å²) in [5, 5.41) is 0. The highest BCUT2D eigenvalue weighted by molar-refractivity contribution is 7.92. The van der Waals surface area contributed by atoms with E-state index in [1.165, 1.54) is 0 Å². The van der Waals surface area contributed by atoms with Crippen LogP contribution in [-0.4, -0.2) is 38.3 Å². The average Bonchev–Trinajstić information content (AvgIpc) is 3.33. The number of halogens is 3. The Morgan fingerprint density at radius 2 is 1.77 bits per heavy atom. The van der Waals surface area contributed by atoms with E-state index >= 15 is 0 Å². The van der Waals surface area contributed by atoms with Crippen molar-refractivity contribution in [3.8, 4) is 17.2 Å². The van der Waals surface area contributed by atoms with Crippen LogP contribution in [-0.2, 0) is 26.7 Å². The van der Waals surface area contributed by atoms with Gasteiger partial charge < -0.3 is 19.1 Å². The minimum Gasteiger partial charge on any atom is -0.497 e. The molecule has 0 radical (unpaired) electrons. The maximum absolute atomic E-state index is 13.0. The van der Waals surface area contributed by atoms with Gasteiger partial charge in [-0.25, -0.2) is 8.98 Å². The summed E-state index contributed by atoms with van der Waals surface area (Å²) in [6, 6.07) is 21.4. The molecule has 1 aliphatic heterocycles. The molecule has 6 nitrogen and oxygen atoms in total. The van der Waals surface area contributed by atoms with Crippen molar-refractivity contribution in [2.45, 2.75) is 17.6 Å². The van der Waals surface area contributed by atoms with E-state index in [4.69, 9.17) is 18.4 Å². The number of nitrogens with zero attached hydrogens (tertiary/aromatic N) is 1. The van der Waals surface area contributed by atoms with E-state index in [9.17, 15) is 18.0 Å². The van der Waals surface area contributed by atoms with Crippen molar-refractivity contribution in [1.29, 1.82) is 0 Å². The number of anilines is 1. The zero-order chi connectivity index (χ0) is 24.8. The van der Waals surface area contributed by atoms with Crippen LogP contribution >= 0.6 is 0 Å². The van der Waals surface area contributed by atoms with E-state index in [1.807, 2.05) is 47.4 Å². The van der Waals surface area contributed by atoms with Gasteiger partial charge >= 0.3 is 12.1 Å². The summed E-state index contributed by atoms with van der Waals surface area (Å²) in [5.41, 5.74) is 1.73. The molecule has 0 N–H and O–H groups in total. The fourth-order valence-electron chi connectivity index (χ4n) is 3.48. The maximum atomic E-state index is 13.0. The van der Waals surface area contributed by atoms with Gasteiger partial charge in [-0.15, -0.1) is 0 Å². The van der Waals surface area contributed by atoms with Gasteiger partial charge in [0.1, 0.15) is 5.75 Å². The van der Waals surface area contributed by atoms with Crippen LogP contribution in [0.3, 0.4) is 0 Å². The van der Waals surface area contributed by atoms with E-state index in [0.29, 0.717) is 35.2 Å². The van der Waals surface area contributed by atoms with Gasteiger partial charge in [0, 0.05) is 18.3 Å². The Balaban J connectivity index is 1.58. The highest BCUT2D eigenvalue weighted by atomic mass is 32.2. The van der Waals surface area contributed by atoms with Gasteiger partial charge in [0.05, 0.1) is 13.7 Å². The number of carbonyl (C=O) groups excluding carboxylic acids is 1. The minimum atomic E-state index is -5.07. The third-order valence-electron chi connectivity index (χ3n) is 5.19. The second-order valence-electron chi connectivity index (χ2n) is 7.54. The minimum absolute atomic E-state index is 0.156. The van der Waals surface area contributed by atoms with Crippen LogP contribution in [0.2, 0.25) is 0 Å². The first-order chi connectivity index (χ1) is 16.8. The number of hydrogen-bond acceptors (Lipinski definition) is 6. The number of benzene rings is 3. The van der Waals surface area contributed by atoms with Crippen LogP contribution in [0.5, 0.6) is 17.2 Å². The normalized spacial score (nSPS) is 13.3. The first-order valence-corrected chi connectivity index (χ1v) is 12.0. The highest BCUT2D eigenvalue weighted by Gasteiger charge is 2.47. The molecule has 3 aromatic carbocycles. The summed E-state index contributed by atoms with van der Waals surface area (Å²) in [4.78, 5) is 14.2. The SMILES string of the molecule is COc1cccc(N(CC[S+](OC(=O)C(F)(F)F)c2ccccc2)Cc2ccc3c(c2)OCO3)c1. The van der Waals surface area contributed by atoms with Crippen molar-refractivity contribution in [3.63, 3.8) is 0 Å². The van der Waals surface area contributed by atoms with E-state index in [0.717, 1.165) is 11.3 Å². The van der Waals surface area contributed by atoms with Gasteiger partial charge in [-0.2, -0.15) is 13.2 Å². The summed E-state index contributed by atoms with van der Waals surface area (Å²) in [6.45, 7) is 0.899. The lowest BCUT2D eigenvalue weighted by Crippen LogP contribution is -2.33. The maximum Gasteiger partial charge on any atom is 0.496 e. The third kappa shape index (κ3) is 6.33. The Morgan fingerprint density at radius 3 is 2.51 bits per heavy atom. The molecule has 10 heteroatoms. The first-order valence-electron chi connectivity index (χ1n) is 10.7. The van der Waals surface area contributed by atoms with Crippen LogP contribution in [0.15, 0.2) is 77.7 Å². The molecular weight excluding hydrogens is 483 g/mol. The molecule has 0 aromatic heterocycles. The standard InChI is InChI=1S/C25H23F3NO5S/c1-31-20-7-5-6-19(15-20)29(16-18-10-11-22-23(14-18)33-17-32-22)12-13-35(21-8-3-2-4-9-21)34-24(30)25(26,27)28/h2-11,14-15H,12-13,16-17H2,1H3/q+1. The van der Waals surface area contributed by atoms with Gasteiger partial charge in [-0.3, -0.25) is 0 Å². The van der Waals surface area contributed by atoms with Gasteiger partial charge in [0.2, 0.25) is 22.9 Å². The molecule has 0 saturated heterocycles. The molecule has 3 aromatic rings. The summed E-state index contributed by atoms with van der Waals surface area (Å²) in [7, 11) is 1.56. The van der Waals surface area contributed by atoms with E-state index < -0.39 is 23.3 Å². The second-order valence-corrected chi connectivity index (χ2v) is 9.28. The molecule has 1 aliphatic rings. The van der Waals surface area contributed by atoms with Crippen molar-refractivity contribution in [3.05, 3.63) is 78.4 Å². The van der Waals surface area contributed by atoms with E-state index in [1.54, 1.807) is 37.4 Å². The second kappa shape index (κ2) is 10.8. The molecule has 4 rings (SSSR count). The molecule has 0 fully saturated rings. The van der Waals surface area contributed by atoms with E-state index in [2.05, 4.69) is 0 Å². The lowest BCUT2D eigenvalue weighted by molar-refractivity contribution is -0.188. The fraction of sp³-hybridized carbons (Fsp3) is 0.240.